The van der Waals surface area contributed by atoms with Gasteiger partial charge in [-0.1, -0.05) is 0 Å². The topological polar surface area (TPSA) is 84.7 Å². The lowest BCUT2D eigenvalue weighted by molar-refractivity contribution is -0.119. The molecule has 1 aliphatic heterocycles. The summed E-state index contributed by atoms with van der Waals surface area (Å²) < 4.78 is 10.9. The number of hydrogen-bond acceptors (Lipinski definition) is 5. The van der Waals surface area contributed by atoms with E-state index in [2.05, 4.69) is 10.3 Å². The number of nitrogens with one attached hydrogen (secondary N) is 1. The highest BCUT2D eigenvalue weighted by atomic mass is 16.5. The first-order chi connectivity index (χ1) is 12.5. The van der Waals surface area contributed by atoms with Gasteiger partial charge in [-0.3, -0.25) is 9.59 Å². The fourth-order valence-electron chi connectivity index (χ4n) is 3.07. The van der Waals surface area contributed by atoms with Crippen LogP contribution in [0.5, 0.6) is 5.75 Å². The predicted molar refractivity (Wildman–Crippen MR) is 95.9 cm³/mol. The number of benzene rings is 1. The van der Waals surface area contributed by atoms with E-state index >= 15 is 0 Å². The number of methoxy groups -OCH3 is 1. The molecule has 26 heavy (non-hydrogen) atoms. The fraction of sp³-hybridized carbons (Fsp3) is 0.421. The summed E-state index contributed by atoms with van der Waals surface area (Å²) in [5, 5.41) is 2.81. The van der Waals surface area contributed by atoms with E-state index in [9.17, 15) is 9.59 Å². The van der Waals surface area contributed by atoms with Crippen molar-refractivity contribution in [1.82, 2.24) is 15.2 Å². The van der Waals surface area contributed by atoms with Crippen molar-refractivity contribution in [1.29, 1.82) is 0 Å². The number of nitrogens with zero attached hydrogens (tertiary/aromatic N) is 2. The van der Waals surface area contributed by atoms with Crippen molar-refractivity contribution in [2.75, 3.05) is 26.7 Å². The SMILES string of the molecule is COc1ccc(-c2nc(C(=O)N3CC[C@H](CNC(C)=O)C3)c(C)o2)cc1. The molecule has 1 saturated heterocycles. The summed E-state index contributed by atoms with van der Waals surface area (Å²) in [6.45, 7) is 5.11. The molecule has 1 aliphatic rings. The smallest absolute Gasteiger partial charge is 0.276 e. The molecular weight excluding hydrogens is 334 g/mol. The lowest BCUT2D eigenvalue weighted by Gasteiger charge is -2.15. The van der Waals surface area contributed by atoms with Gasteiger partial charge in [0.1, 0.15) is 11.5 Å². The third-order valence-electron chi connectivity index (χ3n) is 4.55. The number of carbonyl (C=O) groups excluding carboxylic acids is 2. The van der Waals surface area contributed by atoms with Gasteiger partial charge in [0.05, 0.1) is 7.11 Å². The largest absolute Gasteiger partial charge is 0.497 e. The molecule has 2 amide bonds. The molecule has 2 heterocycles. The van der Waals surface area contributed by atoms with Crippen LogP contribution in [0.15, 0.2) is 28.7 Å². The molecule has 0 bridgehead atoms. The predicted octanol–water partition coefficient (Wildman–Crippen LogP) is 2.26. The first kappa shape index (κ1) is 18.0. The molecule has 0 radical (unpaired) electrons. The van der Waals surface area contributed by atoms with Crippen molar-refractivity contribution in [3.05, 3.63) is 35.7 Å². The number of aryl methyl sites for hydroxylation is 1. The molecule has 7 nitrogen and oxygen atoms in total. The van der Waals surface area contributed by atoms with Gasteiger partial charge < -0.3 is 19.4 Å². The molecule has 0 unspecified atom stereocenters. The molecule has 1 N–H and O–H groups in total. The van der Waals surface area contributed by atoms with Crippen LogP contribution in [0.1, 0.15) is 29.6 Å². The summed E-state index contributed by atoms with van der Waals surface area (Å²) in [7, 11) is 1.61. The van der Waals surface area contributed by atoms with Crippen LogP contribution in [-0.2, 0) is 4.79 Å². The van der Waals surface area contributed by atoms with E-state index in [1.54, 1.807) is 18.9 Å². The maximum absolute atomic E-state index is 12.8. The number of rotatable bonds is 5. The molecule has 1 aromatic carbocycles. The molecule has 1 atom stereocenters. The zero-order chi connectivity index (χ0) is 18.7. The second-order valence-corrected chi connectivity index (χ2v) is 6.50. The second kappa shape index (κ2) is 7.59. The van der Waals surface area contributed by atoms with Gasteiger partial charge in [0.25, 0.3) is 5.91 Å². The third-order valence-corrected chi connectivity index (χ3v) is 4.55. The van der Waals surface area contributed by atoms with Gasteiger partial charge >= 0.3 is 0 Å². The van der Waals surface area contributed by atoms with Crippen LogP contribution in [0.2, 0.25) is 0 Å². The van der Waals surface area contributed by atoms with E-state index in [1.807, 2.05) is 24.3 Å². The Morgan fingerprint density at radius 3 is 2.73 bits per heavy atom. The van der Waals surface area contributed by atoms with Crippen molar-refractivity contribution < 1.29 is 18.7 Å². The molecule has 3 rings (SSSR count). The maximum atomic E-state index is 12.8. The average molecular weight is 357 g/mol. The Bertz CT molecular complexity index is 798. The zero-order valence-electron chi connectivity index (χ0n) is 15.2. The Kier molecular flexibility index (Phi) is 5.25. The molecule has 0 aliphatic carbocycles. The van der Waals surface area contributed by atoms with E-state index in [-0.39, 0.29) is 17.7 Å². The summed E-state index contributed by atoms with van der Waals surface area (Å²) in [4.78, 5) is 30.0. The Labute approximate surface area is 152 Å². The first-order valence-corrected chi connectivity index (χ1v) is 8.63. The van der Waals surface area contributed by atoms with Crippen LogP contribution in [0.4, 0.5) is 0 Å². The molecule has 7 heteroatoms. The van der Waals surface area contributed by atoms with E-state index in [0.717, 1.165) is 17.7 Å². The number of aromatic nitrogens is 1. The minimum Gasteiger partial charge on any atom is -0.497 e. The van der Waals surface area contributed by atoms with Crippen LogP contribution in [0, 0.1) is 12.8 Å². The van der Waals surface area contributed by atoms with Gasteiger partial charge in [-0.25, -0.2) is 4.98 Å². The number of amides is 2. The van der Waals surface area contributed by atoms with E-state index in [1.165, 1.54) is 6.92 Å². The monoisotopic (exact) mass is 357 g/mol. The standard InChI is InChI=1S/C19H23N3O4/c1-12-17(19(24)22-9-8-14(11-22)10-20-13(2)23)21-18(26-12)15-4-6-16(25-3)7-5-15/h4-7,14H,8-11H2,1-3H3,(H,20,23)/t14-/m1/s1. The average Bonchev–Trinajstić information content (AvgIpc) is 3.26. The van der Waals surface area contributed by atoms with Crippen LogP contribution >= 0.6 is 0 Å². The summed E-state index contributed by atoms with van der Waals surface area (Å²) in [6, 6.07) is 7.34. The van der Waals surface area contributed by atoms with Crippen molar-refractivity contribution in [2.45, 2.75) is 20.3 Å². The van der Waals surface area contributed by atoms with E-state index in [4.69, 9.17) is 9.15 Å². The summed E-state index contributed by atoms with van der Waals surface area (Å²) in [5.74, 6) is 1.77. The zero-order valence-corrected chi connectivity index (χ0v) is 15.2. The van der Waals surface area contributed by atoms with E-state index in [0.29, 0.717) is 37.0 Å². The van der Waals surface area contributed by atoms with Gasteiger partial charge in [-0.2, -0.15) is 0 Å². The highest BCUT2D eigenvalue weighted by molar-refractivity contribution is 5.94. The minimum atomic E-state index is -0.128. The van der Waals surface area contributed by atoms with Gasteiger partial charge in [-0.15, -0.1) is 0 Å². The number of hydrogen-bond donors (Lipinski definition) is 1. The molecule has 2 aromatic rings. The van der Waals surface area contributed by atoms with Gasteiger partial charge in [0, 0.05) is 32.1 Å². The summed E-state index contributed by atoms with van der Waals surface area (Å²) in [5.41, 5.74) is 1.13. The number of carbonyl (C=O) groups is 2. The number of likely N-dealkylation sites (tertiary alicyclic amines) is 1. The first-order valence-electron chi connectivity index (χ1n) is 8.63. The summed E-state index contributed by atoms with van der Waals surface area (Å²) in [6.07, 6.45) is 0.869. The molecule has 1 aromatic heterocycles. The van der Waals surface area contributed by atoms with Crippen molar-refractivity contribution in [3.63, 3.8) is 0 Å². The normalized spacial score (nSPS) is 16.6. The molecular formula is C19H23N3O4. The molecule has 1 fully saturated rings. The minimum absolute atomic E-state index is 0.0498. The Morgan fingerprint density at radius 2 is 2.08 bits per heavy atom. The van der Waals surface area contributed by atoms with E-state index < -0.39 is 0 Å². The lowest BCUT2D eigenvalue weighted by Crippen LogP contribution is -2.32. The molecule has 138 valence electrons. The van der Waals surface area contributed by atoms with Crippen molar-refractivity contribution in [3.8, 4) is 17.2 Å². The Morgan fingerprint density at radius 1 is 1.35 bits per heavy atom. The van der Waals surface area contributed by atoms with Crippen LogP contribution in [0.25, 0.3) is 11.5 Å². The van der Waals surface area contributed by atoms with Crippen LogP contribution in [-0.4, -0.2) is 48.4 Å². The number of oxazole rings is 1. The Balaban J connectivity index is 1.70. The van der Waals surface area contributed by atoms with Crippen LogP contribution < -0.4 is 10.1 Å². The molecule has 0 spiro atoms. The quantitative estimate of drug-likeness (QED) is 0.887. The van der Waals surface area contributed by atoms with Gasteiger partial charge in [0.15, 0.2) is 5.69 Å². The highest BCUT2D eigenvalue weighted by Gasteiger charge is 2.30. The Hall–Kier alpha value is -2.83. The second-order valence-electron chi connectivity index (χ2n) is 6.50. The van der Waals surface area contributed by atoms with Crippen LogP contribution in [0.3, 0.4) is 0 Å². The highest BCUT2D eigenvalue weighted by Crippen LogP contribution is 2.26. The maximum Gasteiger partial charge on any atom is 0.276 e. The lowest BCUT2D eigenvalue weighted by atomic mass is 10.1. The molecule has 0 saturated carbocycles. The van der Waals surface area contributed by atoms with Crippen molar-refractivity contribution in [2.24, 2.45) is 5.92 Å². The van der Waals surface area contributed by atoms with Gasteiger partial charge in [-0.05, 0) is 43.5 Å². The fourth-order valence-corrected chi connectivity index (χ4v) is 3.07. The summed E-state index contributed by atoms with van der Waals surface area (Å²) >= 11 is 0. The number of ether oxygens (including phenoxy) is 1. The van der Waals surface area contributed by atoms with Gasteiger partial charge in [0.2, 0.25) is 11.8 Å². The van der Waals surface area contributed by atoms with Crippen molar-refractivity contribution >= 4 is 11.8 Å². The third kappa shape index (κ3) is 3.87.